The van der Waals surface area contributed by atoms with Gasteiger partial charge in [-0.3, -0.25) is 4.79 Å². The number of halogens is 1. The van der Waals surface area contributed by atoms with Crippen LogP contribution in [-0.2, 0) is 21.4 Å². The highest BCUT2D eigenvalue weighted by atomic mass is 35.5. The summed E-state index contributed by atoms with van der Waals surface area (Å²) in [7, 11) is -3.43. The molecule has 0 unspecified atom stereocenters. The molecule has 0 aromatic heterocycles. The molecule has 0 aliphatic carbocycles. The van der Waals surface area contributed by atoms with Crippen molar-refractivity contribution in [2.45, 2.75) is 26.8 Å². The van der Waals surface area contributed by atoms with E-state index < -0.39 is 10.0 Å². The van der Waals surface area contributed by atoms with Gasteiger partial charge >= 0.3 is 0 Å². The Morgan fingerprint density at radius 2 is 1.81 bits per heavy atom. The topological polar surface area (TPSA) is 66.5 Å². The molecular formula is C19H23ClN2O3S. The molecule has 140 valence electrons. The number of carbonyl (C=O) groups excluding carboxylic acids is 1. The van der Waals surface area contributed by atoms with E-state index in [0.29, 0.717) is 10.7 Å². The summed E-state index contributed by atoms with van der Waals surface area (Å²) in [6.07, 6.45) is 1.22. The number of benzene rings is 2. The lowest BCUT2D eigenvalue weighted by molar-refractivity contribution is -0.116. The highest BCUT2D eigenvalue weighted by Crippen LogP contribution is 2.20. The Labute approximate surface area is 160 Å². The zero-order valence-corrected chi connectivity index (χ0v) is 16.7. The molecule has 2 aromatic rings. The number of carbonyl (C=O) groups is 1. The highest BCUT2D eigenvalue weighted by molar-refractivity contribution is 7.88. The van der Waals surface area contributed by atoms with Gasteiger partial charge in [0.05, 0.1) is 6.26 Å². The zero-order valence-electron chi connectivity index (χ0n) is 15.1. The van der Waals surface area contributed by atoms with E-state index in [4.69, 9.17) is 11.6 Å². The van der Waals surface area contributed by atoms with Gasteiger partial charge in [0.2, 0.25) is 15.9 Å². The molecule has 0 fully saturated rings. The molecule has 1 amide bonds. The average Bonchev–Trinajstić information content (AvgIpc) is 2.55. The molecule has 0 atom stereocenters. The second-order valence-corrected chi connectivity index (χ2v) is 8.67. The van der Waals surface area contributed by atoms with Crippen LogP contribution in [0.2, 0.25) is 5.02 Å². The van der Waals surface area contributed by atoms with Crippen LogP contribution in [0, 0.1) is 13.8 Å². The van der Waals surface area contributed by atoms with Crippen molar-refractivity contribution in [1.29, 1.82) is 0 Å². The van der Waals surface area contributed by atoms with Gasteiger partial charge in [0.1, 0.15) is 0 Å². The third-order valence-electron chi connectivity index (χ3n) is 4.12. The number of hydrogen-bond donors (Lipinski definition) is 1. The Balaban J connectivity index is 2.01. The molecular weight excluding hydrogens is 372 g/mol. The molecule has 0 aliphatic heterocycles. The number of hydrogen-bond acceptors (Lipinski definition) is 3. The van der Waals surface area contributed by atoms with Crippen molar-refractivity contribution in [3.05, 3.63) is 64.2 Å². The van der Waals surface area contributed by atoms with Gasteiger partial charge in [-0.05, 0) is 42.7 Å². The molecule has 0 radical (unpaired) electrons. The second-order valence-electron chi connectivity index (χ2n) is 6.29. The van der Waals surface area contributed by atoms with E-state index in [1.807, 2.05) is 44.2 Å². The molecule has 0 bridgehead atoms. The first-order valence-corrected chi connectivity index (χ1v) is 10.4. The lowest BCUT2D eigenvalue weighted by atomic mass is 10.1. The van der Waals surface area contributed by atoms with Crippen LogP contribution >= 0.6 is 11.6 Å². The summed E-state index contributed by atoms with van der Waals surface area (Å²) >= 11 is 6.05. The normalized spacial score (nSPS) is 11.6. The van der Waals surface area contributed by atoms with E-state index in [1.165, 1.54) is 4.31 Å². The summed E-state index contributed by atoms with van der Waals surface area (Å²) in [4.78, 5) is 12.2. The van der Waals surface area contributed by atoms with Crippen LogP contribution in [0.4, 0.5) is 5.69 Å². The predicted molar refractivity (Wildman–Crippen MR) is 106 cm³/mol. The van der Waals surface area contributed by atoms with Gasteiger partial charge in [-0.15, -0.1) is 0 Å². The molecule has 0 saturated heterocycles. The predicted octanol–water partition coefficient (Wildman–Crippen LogP) is 3.75. The minimum atomic E-state index is -3.43. The van der Waals surface area contributed by atoms with Crippen LogP contribution in [0.25, 0.3) is 0 Å². The van der Waals surface area contributed by atoms with Gasteiger partial charge < -0.3 is 5.32 Å². The summed E-state index contributed by atoms with van der Waals surface area (Å²) < 4.78 is 25.5. The maximum Gasteiger partial charge on any atom is 0.225 e. The Hall–Kier alpha value is -1.89. The Kier molecular flexibility index (Phi) is 6.81. The highest BCUT2D eigenvalue weighted by Gasteiger charge is 2.19. The lowest BCUT2D eigenvalue weighted by Crippen LogP contribution is -2.32. The molecule has 0 heterocycles. The minimum Gasteiger partial charge on any atom is -0.326 e. The number of anilines is 1. The summed E-state index contributed by atoms with van der Waals surface area (Å²) in [6.45, 7) is 4.17. The summed E-state index contributed by atoms with van der Waals surface area (Å²) in [5, 5.41) is 3.32. The largest absolute Gasteiger partial charge is 0.326 e. The second kappa shape index (κ2) is 8.66. The van der Waals surface area contributed by atoms with E-state index >= 15 is 0 Å². The lowest BCUT2D eigenvalue weighted by Gasteiger charge is -2.21. The molecule has 0 aliphatic rings. The molecule has 7 heteroatoms. The first kappa shape index (κ1) is 20.4. The number of sulfonamides is 1. The van der Waals surface area contributed by atoms with Gasteiger partial charge in [-0.25, -0.2) is 8.42 Å². The Bertz CT molecular complexity index is 897. The average molecular weight is 395 g/mol. The fraction of sp³-hybridized carbons (Fsp3) is 0.316. The van der Waals surface area contributed by atoms with Crippen molar-refractivity contribution in [1.82, 2.24) is 4.31 Å². The van der Waals surface area contributed by atoms with E-state index in [0.717, 1.165) is 22.9 Å². The summed E-state index contributed by atoms with van der Waals surface area (Å²) in [5.74, 6) is -0.261. The smallest absolute Gasteiger partial charge is 0.225 e. The minimum absolute atomic E-state index is 0.0600. The number of amides is 1. The van der Waals surface area contributed by atoms with E-state index in [9.17, 15) is 13.2 Å². The quantitative estimate of drug-likeness (QED) is 0.777. The van der Waals surface area contributed by atoms with Gasteiger partial charge in [-0.2, -0.15) is 4.31 Å². The Morgan fingerprint density at radius 3 is 2.42 bits per heavy atom. The van der Waals surface area contributed by atoms with Crippen LogP contribution in [-0.4, -0.2) is 31.4 Å². The maximum atomic E-state index is 12.2. The summed E-state index contributed by atoms with van der Waals surface area (Å²) in [6, 6.07) is 12.9. The number of nitrogens with zero attached hydrogens (tertiary/aromatic N) is 1. The van der Waals surface area contributed by atoms with Crippen LogP contribution in [0.15, 0.2) is 42.5 Å². The van der Waals surface area contributed by atoms with Gasteiger partial charge in [0.25, 0.3) is 0 Å². The molecule has 26 heavy (non-hydrogen) atoms. The number of aryl methyl sites for hydroxylation is 2. The standard InChI is InChI=1S/C19H23ClN2O3S/c1-14-6-4-5-7-16(14)13-22(26(3,24)25)11-10-19(23)21-17-9-8-15(2)18(20)12-17/h4-9,12H,10-11,13H2,1-3H3,(H,21,23). The van der Waals surface area contributed by atoms with Crippen molar-refractivity contribution in [3.63, 3.8) is 0 Å². The van der Waals surface area contributed by atoms with E-state index in [2.05, 4.69) is 5.32 Å². The third kappa shape index (κ3) is 5.83. The van der Waals surface area contributed by atoms with Gasteiger partial charge in [-0.1, -0.05) is 41.9 Å². The Morgan fingerprint density at radius 1 is 1.12 bits per heavy atom. The van der Waals surface area contributed by atoms with Crippen molar-refractivity contribution in [3.8, 4) is 0 Å². The number of nitrogens with one attached hydrogen (secondary N) is 1. The van der Waals surface area contributed by atoms with Crippen molar-refractivity contribution in [2.75, 3.05) is 18.1 Å². The van der Waals surface area contributed by atoms with E-state index in [1.54, 1.807) is 12.1 Å². The first-order chi connectivity index (χ1) is 12.2. The van der Waals surface area contributed by atoms with Crippen LogP contribution in [0.3, 0.4) is 0 Å². The molecule has 5 nitrogen and oxygen atoms in total. The van der Waals surface area contributed by atoms with Crippen LogP contribution in [0.1, 0.15) is 23.1 Å². The molecule has 2 aromatic carbocycles. The molecule has 0 spiro atoms. The number of rotatable bonds is 7. The molecule has 2 rings (SSSR count). The van der Waals surface area contributed by atoms with Crippen molar-refractivity contribution >= 4 is 33.2 Å². The van der Waals surface area contributed by atoms with Gasteiger partial charge in [0, 0.05) is 30.2 Å². The fourth-order valence-corrected chi connectivity index (χ4v) is 3.44. The SMILES string of the molecule is Cc1ccc(NC(=O)CCN(Cc2ccccc2C)S(C)(=O)=O)cc1Cl. The molecule has 1 N–H and O–H groups in total. The maximum absolute atomic E-state index is 12.2. The fourth-order valence-electron chi connectivity index (χ4n) is 2.46. The van der Waals surface area contributed by atoms with Crippen LogP contribution < -0.4 is 5.32 Å². The van der Waals surface area contributed by atoms with Crippen molar-refractivity contribution < 1.29 is 13.2 Å². The zero-order chi connectivity index (χ0) is 19.3. The van der Waals surface area contributed by atoms with Gasteiger partial charge in [0.15, 0.2) is 0 Å². The first-order valence-electron chi connectivity index (χ1n) is 8.22. The molecule has 0 saturated carbocycles. The monoisotopic (exact) mass is 394 g/mol. The van der Waals surface area contributed by atoms with Crippen LogP contribution in [0.5, 0.6) is 0 Å². The third-order valence-corrected chi connectivity index (χ3v) is 5.78. The van der Waals surface area contributed by atoms with E-state index in [-0.39, 0.29) is 25.4 Å². The summed E-state index contributed by atoms with van der Waals surface area (Å²) in [5.41, 5.74) is 3.45. The van der Waals surface area contributed by atoms with Crippen molar-refractivity contribution in [2.24, 2.45) is 0 Å².